The Kier molecular flexibility index (Phi) is 12.4. The van der Waals surface area contributed by atoms with Gasteiger partial charge in [-0.25, -0.2) is 4.31 Å². The lowest BCUT2D eigenvalue weighted by atomic mass is 10.0. The minimum absolute atomic E-state index is 0.123. The molecule has 0 aromatic heterocycles. The van der Waals surface area contributed by atoms with Gasteiger partial charge in [0, 0.05) is 18.0 Å². The first-order chi connectivity index (χ1) is 16.0. The average molecular weight is 474 g/mol. The molecule has 0 aliphatic heterocycles. The van der Waals surface area contributed by atoms with E-state index in [9.17, 15) is 14.7 Å². The lowest BCUT2D eigenvalue weighted by Crippen LogP contribution is -2.50. The van der Waals surface area contributed by atoms with E-state index in [1.165, 1.54) is 0 Å². The van der Waals surface area contributed by atoms with Crippen molar-refractivity contribution in [2.45, 2.75) is 49.6 Å². The SMILES string of the molecule is CCCCCN(CC(O)C(Cc1ccccc1)NC(=O)CNC=O)Sc1ccc(OC)cc1. The van der Waals surface area contributed by atoms with Crippen molar-refractivity contribution in [1.82, 2.24) is 14.9 Å². The number of ether oxygens (including phenoxy) is 1. The summed E-state index contributed by atoms with van der Waals surface area (Å²) in [6, 6.07) is 17.1. The summed E-state index contributed by atoms with van der Waals surface area (Å²) in [5.41, 5.74) is 1.02. The maximum absolute atomic E-state index is 12.3. The van der Waals surface area contributed by atoms with Gasteiger partial charge >= 0.3 is 0 Å². The average Bonchev–Trinajstić information content (AvgIpc) is 2.83. The van der Waals surface area contributed by atoms with Gasteiger partial charge in [-0.3, -0.25) is 9.59 Å². The zero-order valence-corrected chi connectivity index (χ0v) is 20.2. The van der Waals surface area contributed by atoms with Crippen LogP contribution < -0.4 is 15.4 Å². The smallest absolute Gasteiger partial charge is 0.239 e. The Bertz CT molecular complexity index is 820. The number of unbranched alkanes of at least 4 members (excludes halogenated alkanes) is 2. The molecule has 0 radical (unpaired) electrons. The van der Waals surface area contributed by atoms with Gasteiger partial charge in [0.1, 0.15) is 5.75 Å². The van der Waals surface area contributed by atoms with Crippen LogP contribution >= 0.6 is 11.9 Å². The third-order valence-corrected chi connectivity index (χ3v) is 6.22. The normalized spacial score (nSPS) is 12.7. The maximum Gasteiger partial charge on any atom is 0.239 e. The topological polar surface area (TPSA) is 90.9 Å². The lowest BCUT2D eigenvalue weighted by molar-refractivity contribution is -0.123. The van der Waals surface area contributed by atoms with Crippen molar-refractivity contribution >= 4 is 24.3 Å². The van der Waals surface area contributed by atoms with E-state index in [1.54, 1.807) is 19.1 Å². The minimum Gasteiger partial charge on any atom is -0.497 e. The van der Waals surface area contributed by atoms with E-state index in [2.05, 4.69) is 21.9 Å². The molecule has 8 heteroatoms. The van der Waals surface area contributed by atoms with Crippen molar-refractivity contribution in [3.8, 4) is 5.75 Å². The molecule has 2 aromatic rings. The molecular formula is C25H35N3O4S. The second kappa shape index (κ2) is 15.3. The fourth-order valence-corrected chi connectivity index (χ4v) is 4.38. The van der Waals surface area contributed by atoms with Gasteiger partial charge < -0.3 is 20.5 Å². The molecule has 0 aliphatic carbocycles. The van der Waals surface area contributed by atoms with Gasteiger partial charge in [0.25, 0.3) is 0 Å². The number of hydrogen-bond acceptors (Lipinski definition) is 6. The summed E-state index contributed by atoms with van der Waals surface area (Å²) in [4.78, 5) is 23.9. The third kappa shape index (κ3) is 10.3. The van der Waals surface area contributed by atoms with Crippen LogP contribution in [-0.4, -0.2) is 60.6 Å². The summed E-state index contributed by atoms with van der Waals surface area (Å²) < 4.78 is 7.39. The summed E-state index contributed by atoms with van der Waals surface area (Å²) in [5, 5.41) is 16.4. The summed E-state index contributed by atoms with van der Waals surface area (Å²) in [7, 11) is 1.64. The summed E-state index contributed by atoms with van der Waals surface area (Å²) in [6.07, 6.45) is 3.43. The lowest BCUT2D eigenvalue weighted by Gasteiger charge is -2.29. The largest absolute Gasteiger partial charge is 0.497 e. The highest BCUT2D eigenvalue weighted by Crippen LogP contribution is 2.26. The highest BCUT2D eigenvalue weighted by Gasteiger charge is 2.24. The number of amides is 2. The molecule has 180 valence electrons. The van der Waals surface area contributed by atoms with Gasteiger partial charge in [-0.1, -0.05) is 50.1 Å². The van der Waals surface area contributed by atoms with Crippen LogP contribution in [0.15, 0.2) is 59.5 Å². The molecule has 2 atom stereocenters. The molecule has 7 nitrogen and oxygen atoms in total. The zero-order chi connectivity index (χ0) is 23.9. The molecule has 0 spiro atoms. The molecule has 3 N–H and O–H groups in total. The van der Waals surface area contributed by atoms with E-state index >= 15 is 0 Å². The van der Waals surface area contributed by atoms with Crippen LogP contribution in [0.25, 0.3) is 0 Å². The van der Waals surface area contributed by atoms with Gasteiger partial charge in [-0.15, -0.1) is 0 Å². The maximum atomic E-state index is 12.3. The van der Waals surface area contributed by atoms with Gasteiger partial charge in [0.15, 0.2) is 0 Å². The zero-order valence-electron chi connectivity index (χ0n) is 19.4. The van der Waals surface area contributed by atoms with Crippen LogP contribution in [0.3, 0.4) is 0 Å². The predicted octanol–water partition coefficient (Wildman–Crippen LogP) is 3.03. The molecule has 0 saturated heterocycles. The number of nitrogens with one attached hydrogen (secondary N) is 2. The fraction of sp³-hybridized carbons (Fsp3) is 0.440. The first kappa shape index (κ1) is 26.7. The Hall–Kier alpha value is -2.55. The summed E-state index contributed by atoms with van der Waals surface area (Å²) in [5.74, 6) is 0.467. The number of methoxy groups -OCH3 is 1. The first-order valence-corrected chi connectivity index (χ1v) is 12.1. The van der Waals surface area contributed by atoms with Gasteiger partial charge in [0.2, 0.25) is 12.3 Å². The van der Waals surface area contributed by atoms with Crippen LogP contribution in [0, 0.1) is 0 Å². The van der Waals surface area contributed by atoms with E-state index < -0.39 is 12.1 Å². The molecular weight excluding hydrogens is 438 g/mol. The number of aliphatic hydroxyl groups is 1. The Labute approximate surface area is 201 Å². The number of nitrogens with zero attached hydrogens (tertiary/aromatic N) is 1. The highest BCUT2D eigenvalue weighted by atomic mass is 32.2. The number of carbonyl (C=O) groups is 2. The van der Waals surface area contributed by atoms with Crippen molar-refractivity contribution in [3.63, 3.8) is 0 Å². The first-order valence-electron chi connectivity index (χ1n) is 11.3. The van der Waals surface area contributed by atoms with E-state index in [1.807, 2.05) is 54.6 Å². The monoisotopic (exact) mass is 473 g/mol. The number of benzene rings is 2. The standard InChI is InChI=1S/C25H35N3O4S/c1-3-4-8-15-28(33-22-13-11-21(32-2)12-14-22)18-24(30)23(27-25(31)17-26-19-29)16-20-9-6-5-7-10-20/h5-7,9-14,19,23-24,30H,3-4,8,15-18H2,1-2H3,(H,26,29)(H,27,31). The van der Waals surface area contributed by atoms with E-state index in [4.69, 9.17) is 4.74 Å². The van der Waals surface area contributed by atoms with Crippen molar-refractivity contribution < 1.29 is 19.4 Å². The Morgan fingerprint density at radius 1 is 1.15 bits per heavy atom. The molecule has 0 saturated carbocycles. The Balaban J connectivity index is 2.11. The molecule has 2 rings (SSSR count). The Morgan fingerprint density at radius 3 is 2.52 bits per heavy atom. The molecule has 2 aromatic carbocycles. The fourth-order valence-electron chi connectivity index (χ4n) is 3.38. The number of rotatable bonds is 16. The van der Waals surface area contributed by atoms with Gasteiger partial charge in [0.05, 0.1) is 25.8 Å². The highest BCUT2D eigenvalue weighted by molar-refractivity contribution is 7.97. The quantitative estimate of drug-likeness (QED) is 0.197. The number of carbonyl (C=O) groups excluding carboxylic acids is 2. The van der Waals surface area contributed by atoms with E-state index in [-0.39, 0.29) is 12.5 Å². The molecule has 33 heavy (non-hydrogen) atoms. The van der Waals surface area contributed by atoms with Gasteiger partial charge in [-0.2, -0.15) is 0 Å². The van der Waals surface area contributed by atoms with Crippen LogP contribution in [0.1, 0.15) is 31.7 Å². The molecule has 2 amide bonds. The molecule has 0 heterocycles. The van der Waals surface area contributed by atoms with Crippen LogP contribution in [0.5, 0.6) is 5.75 Å². The minimum atomic E-state index is -0.794. The van der Waals surface area contributed by atoms with Gasteiger partial charge in [-0.05, 0) is 54.6 Å². The summed E-state index contributed by atoms with van der Waals surface area (Å²) in [6.45, 7) is 3.25. The summed E-state index contributed by atoms with van der Waals surface area (Å²) >= 11 is 1.59. The van der Waals surface area contributed by atoms with Crippen molar-refractivity contribution in [2.75, 3.05) is 26.7 Å². The number of aliphatic hydroxyl groups excluding tert-OH is 1. The number of hydrogen-bond donors (Lipinski definition) is 3. The predicted molar refractivity (Wildman–Crippen MR) is 132 cm³/mol. The van der Waals surface area contributed by atoms with Crippen molar-refractivity contribution in [1.29, 1.82) is 0 Å². The van der Waals surface area contributed by atoms with Crippen molar-refractivity contribution in [2.24, 2.45) is 0 Å². The second-order valence-electron chi connectivity index (χ2n) is 7.79. The Morgan fingerprint density at radius 2 is 1.88 bits per heavy atom. The molecule has 0 fully saturated rings. The third-order valence-electron chi connectivity index (χ3n) is 5.15. The molecule has 0 bridgehead atoms. The van der Waals surface area contributed by atoms with E-state index in [0.717, 1.165) is 42.0 Å². The van der Waals surface area contributed by atoms with Crippen molar-refractivity contribution in [3.05, 3.63) is 60.2 Å². The molecule has 0 aliphatic rings. The second-order valence-corrected chi connectivity index (χ2v) is 8.96. The van der Waals surface area contributed by atoms with E-state index in [0.29, 0.717) is 19.4 Å². The van der Waals surface area contributed by atoms with Crippen LogP contribution in [0.4, 0.5) is 0 Å². The molecule has 2 unspecified atom stereocenters. The van der Waals surface area contributed by atoms with Crippen LogP contribution in [-0.2, 0) is 16.0 Å². The van der Waals surface area contributed by atoms with Crippen LogP contribution in [0.2, 0.25) is 0 Å².